The van der Waals surface area contributed by atoms with E-state index in [2.05, 4.69) is 4.90 Å². The third kappa shape index (κ3) is 3.79. The van der Waals surface area contributed by atoms with Crippen molar-refractivity contribution in [3.8, 4) is 0 Å². The molecule has 7 heteroatoms. The zero-order valence-corrected chi connectivity index (χ0v) is 14.5. The van der Waals surface area contributed by atoms with Gasteiger partial charge in [-0.1, -0.05) is 6.42 Å². The Balaban J connectivity index is 1.60. The highest BCUT2D eigenvalue weighted by Crippen LogP contribution is 2.27. The topological polar surface area (TPSA) is 74.0 Å². The standard InChI is InChI=1S/C16H26N2O4S/c1-17(11-13-5-4-6-15(13)19)12-14-7-8-16(22-14)23(20,21)18-9-2-3-10-18/h7-8,13,15,19H,2-6,9-12H2,1H3. The molecule has 1 aliphatic heterocycles. The number of hydrogen-bond acceptors (Lipinski definition) is 5. The quantitative estimate of drug-likeness (QED) is 0.851. The molecule has 23 heavy (non-hydrogen) atoms. The van der Waals surface area contributed by atoms with E-state index in [9.17, 15) is 13.5 Å². The number of sulfonamides is 1. The minimum Gasteiger partial charge on any atom is -0.447 e. The molecular weight excluding hydrogens is 316 g/mol. The molecule has 130 valence electrons. The van der Waals surface area contributed by atoms with Crippen LogP contribution < -0.4 is 0 Å². The van der Waals surface area contributed by atoms with Crippen LogP contribution in [-0.4, -0.2) is 55.5 Å². The fourth-order valence-corrected chi connectivity index (χ4v) is 5.04. The Morgan fingerprint density at radius 2 is 2.00 bits per heavy atom. The zero-order valence-electron chi connectivity index (χ0n) is 13.6. The molecule has 6 nitrogen and oxygen atoms in total. The number of nitrogens with zero attached hydrogens (tertiary/aromatic N) is 2. The van der Waals surface area contributed by atoms with Crippen LogP contribution in [0.1, 0.15) is 37.9 Å². The van der Waals surface area contributed by atoms with Crippen LogP contribution >= 0.6 is 0 Å². The summed E-state index contributed by atoms with van der Waals surface area (Å²) in [6.45, 7) is 2.52. The van der Waals surface area contributed by atoms with Crippen LogP contribution in [0.15, 0.2) is 21.6 Å². The van der Waals surface area contributed by atoms with Gasteiger partial charge >= 0.3 is 0 Å². The van der Waals surface area contributed by atoms with Gasteiger partial charge in [0.15, 0.2) is 0 Å². The van der Waals surface area contributed by atoms with Crippen LogP contribution in [0.4, 0.5) is 0 Å². The second kappa shape index (κ2) is 6.93. The molecule has 1 N–H and O–H groups in total. The molecular formula is C16H26N2O4S. The molecule has 1 aliphatic carbocycles. The summed E-state index contributed by atoms with van der Waals surface area (Å²) in [6.07, 6.45) is 4.65. The van der Waals surface area contributed by atoms with Crippen molar-refractivity contribution in [2.45, 2.75) is 49.8 Å². The maximum Gasteiger partial charge on any atom is 0.276 e. The van der Waals surface area contributed by atoms with Gasteiger partial charge in [0, 0.05) is 19.6 Å². The molecule has 1 aromatic heterocycles. The van der Waals surface area contributed by atoms with E-state index < -0.39 is 10.0 Å². The first-order valence-corrected chi connectivity index (χ1v) is 9.86. The van der Waals surface area contributed by atoms with Crippen LogP contribution in [0.3, 0.4) is 0 Å². The number of aliphatic hydroxyl groups excluding tert-OH is 1. The predicted molar refractivity (Wildman–Crippen MR) is 86.4 cm³/mol. The first-order chi connectivity index (χ1) is 11.0. The maximum atomic E-state index is 12.4. The Hall–Kier alpha value is -0.890. The molecule has 1 saturated carbocycles. The van der Waals surface area contributed by atoms with Crippen molar-refractivity contribution in [1.29, 1.82) is 0 Å². The molecule has 0 spiro atoms. The van der Waals surface area contributed by atoms with Crippen LogP contribution in [0, 0.1) is 5.92 Å². The van der Waals surface area contributed by atoms with Gasteiger partial charge in [-0.2, -0.15) is 4.31 Å². The van der Waals surface area contributed by atoms with E-state index >= 15 is 0 Å². The van der Waals surface area contributed by atoms with Gasteiger partial charge in [-0.15, -0.1) is 0 Å². The molecule has 2 heterocycles. The maximum absolute atomic E-state index is 12.4. The van der Waals surface area contributed by atoms with Crippen LogP contribution in [0.2, 0.25) is 0 Å². The third-order valence-corrected chi connectivity index (χ3v) is 6.66. The Morgan fingerprint density at radius 3 is 2.65 bits per heavy atom. The minimum atomic E-state index is -3.48. The number of furan rings is 1. The summed E-state index contributed by atoms with van der Waals surface area (Å²) >= 11 is 0. The smallest absolute Gasteiger partial charge is 0.276 e. The normalized spacial score (nSPS) is 26.4. The predicted octanol–water partition coefficient (Wildman–Crippen LogP) is 1.66. The van der Waals surface area contributed by atoms with E-state index in [0.29, 0.717) is 31.3 Å². The van der Waals surface area contributed by atoms with E-state index in [1.807, 2.05) is 7.05 Å². The lowest BCUT2D eigenvalue weighted by Crippen LogP contribution is -2.29. The lowest BCUT2D eigenvalue weighted by atomic mass is 10.1. The first-order valence-electron chi connectivity index (χ1n) is 8.42. The Labute approximate surface area is 138 Å². The van der Waals surface area contributed by atoms with Crippen molar-refractivity contribution in [3.63, 3.8) is 0 Å². The fourth-order valence-electron chi connectivity index (χ4n) is 3.60. The summed E-state index contributed by atoms with van der Waals surface area (Å²) in [6, 6.07) is 3.30. The monoisotopic (exact) mass is 342 g/mol. The molecule has 2 unspecified atom stereocenters. The Morgan fingerprint density at radius 1 is 1.26 bits per heavy atom. The molecule has 0 bridgehead atoms. The SMILES string of the molecule is CN(Cc1ccc(S(=O)(=O)N2CCCC2)o1)CC1CCCC1O. The lowest BCUT2D eigenvalue weighted by Gasteiger charge is -2.22. The summed E-state index contributed by atoms with van der Waals surface area (Å²) in [4.78, 5) is 2.09. The molecule has 2 atom stereocenters. The highest BCUT2D eigenvalue weighted by molar-refractivity contribution is 7.89. The number of rotatable bonds is 6. The second-order valence-corrected chi connectivity index (χ2v) is 8.66. The Bertz CT molecular complexity index is 622. The van der Waals surface area contributed by atoms with Crippen molar-refractivity contribution < 1.29 is 17.9 Å². The molecule has 0 aromatic carbocycles. The largest absolute Gasteiger partial charge is 0.447 e. The highest BCUT2D eigenvalue weighted by Gasteiger charge is 2.30. The van der Waals surface area contributed by atoms with Gasteiger partial charge in [0.25, 0.3) is 10.0 Å². The number of aliphatic hydroxyl groups is 1. The summed E-state index contributed by atoms with van der Waals surface area (Å²) < 4.78 is 32.0. The van der Waals surface area contributed by atoms with Gasteiger partial charge in [0.1, 0.15) is 5.76 Å². The molecule has 0 radical (unpaired) electrons. The van der Waals surface area contributed by atoms with Gasteiger partial charge in [-0.05, 0) is 50.8 Å². The van der Waals surface area contributed by atoms with Gasteiger partial charge in [-0.3, -0.25) is 4.90 Å². The second-order valence-electron chi connectivity index (χ2n) is 6.79. The molecule has 2 fully saturated rings. The first kappa shape index (κ1) is 17.0. The van der Waals surface area contributed by atoms with E-state index in [0.717, 1.165) is 38.6 Å². The molecule has 1 aromatic rings. The van der Waals surface area contributed by atoms with Crippen LogP contribution in [-0.2, 0) is 16.6 Å². The van der Waals surface area contributed by atoms with Crippen molar-refractivity contribution in [1.82, 2.24) is 9.21 Å². The van der Waals surface area contributed by atoms with Crippen LogP contribution in [0.5, 0.6) is 0 Å². The van der Waals surface area contributed by atoms with E-state index in [-0.39, 0.29) is 11.2 Å². The zero-order chi connectivity index (χ0) is 16.4. The fraction of sp³-hybridized carbons (Fsp3) is 0.750. The van der Waals surface area contributed by atoms with Crippen molar-refractivity contribution in [2.24, 2.45) is 5.92 Å². The summed E-state index contributed by atoms with van der Waals surface area (Å²) in [5.41, 5.74) is 0. The van der Waals surface area contributed by atoms with Crippen molar-refractivity contribution in [2.75, 3.05) is 26.7 Å². The van der Waals surface area contributed by atoms with Crippen LogP contribution in [0.25, 0.3) is 0 Å². The molecule has 2 aliphatic rings. The summed E-state index contributed by atoms with van der Waals surface area (Å²) in [7, 11) is -1.50. The van der Waals surface area contributed by atoms with Gasteiger partial charge in [-0.25, -0.2) is 8.42 Å². The minimum absolute atomic E-state index is 0.0451. The van der Waals surface area contributed by atoms with Crippen molar-refractivity contribution >= 4 is 10.0 Å². The van der Waals surface area contributed by atoms with Gasteiger partial charge in [0.2, 0.25) is 5.09 Å². The molecule has 0 amide bonds. The highest BCUT2D eigenvalue weighted by atomic mass is 32.2. The van der Waals surface area contributed by atoms with E-state index in [4.69, 9.17) is 4.42 Å². The lowest BCUT2D eigenvalue weighted by molar-refractivity contribution is 0.105. The third-order valence-electron chi connectivity index (χ3n) is 4.89. The summed E-state index contributed by atoms with van der Waals surface area (Å²) in [5, 5.41) is 9.95. The Kier molecular flexibility index (Phi) is 5.10. The molecule has 3 rings (SSSR count). The number of hydrogen-bond donors (Lipinski definition) is 1. The average molecular weight is 342 g/mol. The van der Waals surface area contributed by atoms with Crippen molar-refractivity contribution in [3.05, 3.63) is 17.9 Å². The van der Waals surface area contributed by atoms with E-state index in [1.165, 1.54) is 4.31 Å². The average Bonchev–Trinajstić information content (AvgIpc) is 3.22. The summed E-state index contributed by atoms with van der Waals surface area (Å²) in [5.74, 6) is 0.959. The van der Waals surface area contributed by atoms with Gasteiger partial charge < -0.3 is 9.52 Å². The van der Waals surface area contributed by atoms with E-state index in [1.54, 1.807) is 12.1 Å². The molecule has 1 saturated heterocycles. The van der Waals surface area contributed by atoms with Gasteiger partial charge in [0.05, 0.1) is 12.6 Å².